The van der Waals surface area contributed by atoms with Crippen LogP contribution in [0, 0.1) is 6.92 Å². The SMILES string of the molecule is Cc1cccc(-c2nc3ccc(OCCN4CCCCC4)cc3n2Cc2ccccc2C(F)(F)F)c1. The number of rotatable bonds is 7. The van der Waals surface area contributed by atoms with Crippen molar-refractivity contribution in [2.45, 2.75) is 38.9 Å². The monoisotopic (exact) mass is 493 g/mol. The minimum absolute atomic E-state index is 0.0483. The fourth-order valence-corrected chi connectivity index (χ4v) is 4.94. The van der Waals surface area contributed by atoms with E-state index in [1.807, 2.05) is 54.0 Å². The first-order chi connectivity index (χ1) is 17.4. The summed E-state index contributed by atoms with van der Waals surface area (Å²) < 4.78 is 49.3. The molecule has 0 amide bonds. The Morgan fingerprint density at radius 3 is 2.50 bits per heavy atom. The van der Waals surface area contributed by atoms with Gasteiger partial charge in [0.05, 0.1) is 23.1 Å². The van der Waals surface area contributed by atoms with E-state index in [1.54, 1.807) is 6.07 Å². The number of aromatic nitrogens is 2. The molecule has 4 nitrogen and oxygen atoms in total. The second-order valence-electron chi connectivity index (χ2n) is 9.45. The highest BCUT2D eigenvalue weighted by atomic mass is 19.4. The molecule has 0 atom stereocenters. The van der Waals surface area contributed by atoms with Crippen LogP contribution in [0.1, 0.15) is 36.0 Å². The number of halogens is 3. The lowest BCUT2D eigenvalue weighted by molar-refractivity contribution is -0.138. The van der Waals surface area contributed by atoms with Gasteiger partial charge in [-0.05, 0) is 62.7 Å². The molecule has 1 aliphatic rings. The van der Waals surface area contributed by atoms with Crippen LogP contribution in [-0.2, 0) is 12.7 Å². The fraction of sp³-hybridized carbons (Fsp3) is 0.345. The number of likely N-dealkylation sites (tertiary alicyclic amines) is 1. The molecule has 5 rings (SSSR count). The molecule has 188 valence electrons. The summed E-state index contributed by atoms with van der Waals surface area (Å²) >= 11 is 0. The number of nitrogens with zero attached hydrogens (tertiary/aromatic N) is 3. The Balaban J connectivity index is 1.51. The maximum Gasteiger partial charge on any atom is 0.416 e. The molecule has 1 aromatic heterocycles. The normalized spacial score (nSPS) is 14.9. The number of hydrogen-bond acceptors (Lipinski definition) is 3. The third kappa shape index (κ3) is 5.41. The highest BCUT2D eigenvalue weighted by Gasteiger charge is 2.33. The molecule has 0 aliphatic carbocycles. The van der Waals surface area contributed by atoms with Gasteiger partial charge in [-0.2, -0.15) is 13.2 Å². The zero-order valence-corrected chi connectivity index (χ0v) is 20.4. The quantitative estimate of drug-likeness (QED) is 0.279. The van der Waals surface area contributed by atoms with E-state index in [0.29, 0.717) is 18.2 Å². The Labute approximate surface area is 209 Å². The molecule has 0 unspecified atom stereocenters. The Hall–Kier alpha value is -3.32. The summed E-state index contributed by atoms with van der Waals surface area (Å²) in [6.07, 6.45) is -0.684. The highest BCUT2D eigenvalue weighted by Crippen LogP contribution is 2.34. The molecule has 1 saturated heterocycles. The van der Waals surface area contributed by atoms with Gasteiger partial charge in [-0.1, -0.05) is 48.4 Å². The van der Waals surface area contributed by atoms with Crippen molar-refractivity contribution in [2.24, 2.45) is 0 Å². The number of hydrogen-bond donors (Lipinski definition) is 0. The van der Waals surface area contributed by atoms with Crippen LogP contribution in [0.3, 0.4) is 0 Å². The van der Waals surface area contributed by atoms with E-state index < -0.39 is 11.7 Å². The summed E-state index contributed by atoms with van der Waals surface area (Å²) in [5.41, 5.74) is 2.97. The topological polar surface area (TPSA) is 30.3 Å². The first-order valence-corrected chi connectivity index (χ1v) is 12.5. The van der Waals surface area contributed by atoms with Crippen LogP contribution in [0.5, 0.6) is 5.75 Å². The Bertz CT molecular complexity index is 1340. The smallest absolute Gasteiger partial charge is 0.416 e. The van der Waals surface area contributed by atoms with E-state index in [-0.39, 0.29) is 12.1 Å². The maximum atomic E-state index is 13.8. The molecule has 0 spiro atoms. The van der Waals surface area contributed by atoms with Gasteiger partial charge in [-0.3, -0.25) is 4.90 Å². The van der Waals surface area contributed by atoms with Crippen molar-refractivity contribution in [3.05, 3.63) is 83.4 Å². The number of alkyl halides is 3. The third-order valence-electron chi connectivity index (χ3n) is 6.77. The second kappa shape index (κ2) is 10.3. The van der Waals surface area contributed by atoms with Crippen LogP contribution >= 0.6 is 0 Å². The van der Waals surface area contributed by atoms with E-state index in [1.165, 1.54) is 31.4 Å². The number of fused-ring (bicyclic) bond motifs is 1. The summed E-state index contributed by atoms with van der Waals surface area (Å²) in [4.78, 5) is 7.24. The van der Waals surface area contributed by atoms with Crippen LogP contribution in [-0.4, -0.2) is 40.7 Å². The minimum atomic E-state index is -4.43. The molecule has 0 saturated carbocycles. The van der Waals surface area contributed by atoms with E-state index in [4.69, 9.17) is 9.72 Å². The van der Waals surface area contributed by atoms with Crippen LogP contribution in [0.15, 0.2) is 66.7 Å². The van der Waals surface area contributed by atoms with Gasteiger partial charge >= 0.3 is 6.18 Å². The van der Waals surface area contributed by atoms with Crippen LogP contribution in [0.25, 0.3) is 22.4 Å². The molecular formula is C29H30F3N3O. The predicted molar refractivity (Wildman–Crippen MR) is 136 cm³/mol. The number of benzene rings is 3. The van der Waals surface area contributed by atoms with Crippen LogP contribution in [0.2, 0.25) is 0 Å². The van der Waals surface area contributed by atoms with Crippen molar-refractivity contribution >= 4 is 11.0 Å². The summed E-state index contributed by atoms with van der Waals surface area (Å²) in [6, 6.07) is 19.3. The summed E-state index contributed by atoms with van der Waals surface area (Å²) in [5.74, 6) is 1.33. The molecule has 36 heavy (non-hydrogen) atoms. The Morgan fingerprint density at radius 1 is 0.917 bits per heavy atom. The molecule has 4 aromatic rings. The van der Waals surface area contributed by atoms with E-state index in [2.05, 4.69) is 4.90 Å². The largest absolute Gasteiger partial charge is 0.492 e. The lowest BCUT2D eigenvalue weighted by Gasteiger charge is -2.26. The van der Waals surface area contributed by atoms with Crippen molar-refractivity contribution in [1.29, 1.82) is 0 Å². The van der Waals surface area contributed by atoms with Gasteiger partial charge in [-0.15, -0.1) is 0 Å². The molecule has 2 heterocycles. The average molecular weight is 494 g/mol. The molecule has 7 heteroatoms. The molecule has 1 aliphatic heterocycles. The number of ether oxygens (including phenoxy) is 1. The zero-order chi connectivity index (χ0) is 25.1. The molecule has 0 radical (unpaired) electrons. The Morgan fingerprint density at radius 2 is 1.72 bits per heavy atom. The zero-order valence-electron chi connectivity index (χ0n) is 20.4. The van der Waals surface area contributed by atoms with Crippen LogP contribution < -0.4 is 4.74 Å². The highest BCUT2D eigenvalue weighted by molar-refractivity contribution is 5.82. The third-order valence-corrected chi connectivity index (χ3v) is 6.77. The molecular weight excluding hydrogens is 463 g/mol. The molecule has 0 bridgehead atoms. The average Bonchev–Trinajstić information content (AvgIpc) is 3.22. The lowest BCUT2D eigenvalue weighted by atomic mass is 10.1. The first-order valence-electron chi connectivity index (χ1n) is 12.5. The van der Waals surface area contributed by atoms with E-state index >= 15 is 0 Å². The first kappa shape index (κ1) is 24.4. The maximum absolute atomic E-state index is 13.8. The summed E-state index contributed by atoms with van der Waals surface area (Å²) in [6.45, 7) is 5.68. The van der Waals surface area contributed by atoms with Gasteiger partial charge in [0, 0.05) is 18.2 Å². The fourth-order valence-electron chi connectivity index (χ4n) is 4.94. The molecule has 3 aromatic carbocycles. The van der Waals surface area contributed by atoms with Crippen molar-refractivity contribution < 1.29 is 17.9 Å². The predicted octanol–water partition coefficient (Wildman–Crippen LogP) is 6.94. The van der Waals surface area contributed by atoms with E-state index in [0.717, 1.165) is 47.9 Å². The standard InChI is InChI=1S/C29H30F3N3O/c1-21-8-7-10-22(18-21)28-33-26-13-12-24(36-17-16-34-14-5-2-6-15-34)19-27(26)35(28)20-23-9-3-4-11-25(23)29(30,31)32/h3-4,7-13,18-19H,2,5-6,14-17,20H2,1H3. The minimum Gasteiger partial charge on any atom is -0.492 e. The van der Waals surface area contributed by atoms with Gasteiger partial charge in [-0.25, -0.2) is 4.98 Å². The van der Waals surface area contributed by atoms with Gasteiger partial charge < -0.3 is 9.30 Å². The van der Waals surface area contributed by atoms with Crippen molar-refractivity contribution in [3.63, 3.8) is 0 Å². The molecule has 1 fully saturated rings. The molecule has 0 N–H and O–H groups in total. The van der Waals surface area contributed by atoms with Crippen LogP contribution in [0.4, 0.5) is 13.2 Å². The van der Waals surface area contributed by atoms with Crippen molar-refractivity contribution in [1.82, 2.24) is 14.5 Å². The van der Waals surface area contributed by atoms with Gasteiger partial charge in [0.25, 0.3) is 0 Å². The van der Waals surface area contributed by atoms with Gasteiger partial charge in [0.15, 0.2) is 0 Å². The number of piperidine rings is 1. The lowest BCUT2D eigenvalue weighted by Crippen LogP contribution is -2.33. The Kier molecular flexibility index (Phi) is 7.01. The summed E-state index contributed by atoms with van der Waals surface area (Å²) in [5, 5.41) is 0. The van der Waals surface area contributed by atoms with Crippen molar-refractivity contribution in [3.8, 4) is 17.1 Å². The number of imidazole rings is 1. The van der Waals surface area contributed by atoms with Gasteiger partial charge in [0.1, 0.15) is 18.2 Å². The van der Waals surface area contributed by atoms with Crippen molar-refractivity contribution in [2.75, 3.05) is 26.2 Å². The number of aryl methyl sites for hydroxylation is 1. The second-order valence-corrected chi connectivity index (χ2v) is 9.45. The summed E-state index contributed by atoms with van der Waals surface area (Å²) in [7, 11) is 0. The van der Waals surface area contributed by atoms with Gasteiger partial charge in [0.2, 0.25) is 0 Å². The van der Waals surface area contributed by atoms with E-state index in [9.17, 15) is 13.2 Å².